The molecule has 2 aromatic heterocycles. The summed E-state index contributed by atoms with van der Waals surface area (Å²) in [7, 11) is 0. The van der Waals surface area contributed by atoms with Crippen molar-refractivity contribution in [3.8, 4) is 11.4 Å². The molecular formula is C23H21N3O3S. The smallest absolute Gasteiger partial charge is 0.374 e. The summed E-state index contributed by atoms with van der Waals surface area (Å²) in [6, 6.07) is 17.5. The van der Waals surface area contributed by atoms with Crippen LogP contribution < -0.4 is 0 Å². The van der Waals surface area contributed by atoms with Gasteiger partial charge in [-0.05, 0) is 13.0 Å². The summed E-state index contributed by atoms with van der Waals surface area (Å²) < 4.78 is 13.0. The molecule has 7 heteroatoms. The molecule has 4 aromatic rings. The molecule has 0 aliphatic rings. The number of esters is 1. The van der Waals surface area contributed by atoms with Crippen molar-refractivity contribution >= 4 is 28.7 Å². The van der Waals surface area contributed by atoms with Crippen molar-refractivity contribution in [3.05, 3.63) is 78.6 Å². The van der Waals surface area contributed by atoms with E-state index in [-0.39, 0.29) is 12.4 Å². The van der Waals surface area contributed by atoms with Gasteiger partial charge in [0.05, 0.1) is 6.61 Å². The molecular weight excluding hydrogens is 398 g/mol. The molecule has 0 radical (unpaired) electrons. The summed E-state index contributed by atoms with van der Waals surface area (Å²) in [6.45, 7) is 6.50. The zero-order chi connectivity index (χ0) is 20.9. The number of allylic oxidation sites excluding steroid dienone is 1. The molecule has 4 rings (SSSR count). The van der Waals surface area contributed by atoms with Crippen LogP contribution in [-0.2, 0) is 17.0 Å². The van der Waals surface area contributed by atoms with Crippen LogP contribution in [0.25, 0.3) is 22.4 Å². The summed E-state index contributed by atoms with van der Waals surface area (Å²) in [4.78, 5) is 12.4. The van der Waals surface area contributed by atoms with E-state index in [1.165, 1.54) is 11.8 Å². The molecule has 0 aliphatic heterocycles. The van der Waals surface area contributed by atoms with E-state index in [4.69, 9.17) is 9.15 Å². The number of para-hydroxylation sites is 1. The van der Waals surface area contributed by atoms with E-state index >= 15 is 0 Å². The van der Waals surface area contributed by atoms with Crippen molar-refractivity contribution in [2.75, 3.05) is 6.61 Å². The van der Waals surface area contributed by atoms with Gasteiger partial charge in [-0.3, -0.25) is 4.57 Å². The van der Waals surface area contributed by atoms with E-state index < -0.39 is 5.97 Å². The van der Waals surface area contributed by atoms with Crippen molar-refractivity contribution in [2.24, 2.45) is 0 Å². The highest BCUT2D eigenvalue weighted by atomic mass is 32.2. The molecule has 2 heterocycles. The Morgan fingerprint density at radius 1 is 1.17 bits per heavy atom. The second-order valence-electron chi connectivity index (χ2n) is 6.49. The fourth-order valence-electron chi connectivity index (χ4n) is 3.23. The van der Waals surface area contributed by atoms with Gasteiger partial charge in [-0.25, -0.2) is 4.79 Å². The lowest BCUT2D eigenvalue weighted by molar-refractivity contribution is 0.0491. The van der Waals surface area contributed by atoms with Crippen LogP contribution in [0.2, 0.25) is 0 Å². The molecule has 0 atom stereocenters. The van der Waals surface area contributed by atoms with E-state index in [9.17, 15) is 4.79 Å². The fourth-order valence-corrected chi connectivity index (χ4v) is 4.21. The summed E-state index contributed by atoms with van der Waals surface area (Å²) in [5, 5.41) is 10.4. The predicted octanol–water partition coefficient (Wildman–Crippen LogP) is 5.35. The maximum absolute atomic E-state index is 12.4. The third kappa shape index (κ3) is 3.89. The molecule has 0 bridgehead atoms. The van der Waals surface area contributed by atoms with Gasteiger partial charge in [0, 0.05) is 28.8 Å². The SMILES string of the molecule is C=CCn1c(SCc2c(C(=O)OCC)oc3ccccc23)nnc1-c1ccccc1. The number of hydrogen-bond donors (Lipinski definition) is 0. The summed E-state index contributed by atoms with van der Waals surface area (Å²) in [6.07, 6.45) is 1.82. The van der Waals surface area contributed by atoms with Gasteiger partial charge in [0.2, 0.25) is 5.76 Å². The first-order valence-corrected chi connectivity index (χ1v) is 10.6. The topological polar surface area (TPSA) is 70.2 Å². The van der Waals surface area contributed by atoms with Gasteiger partial charge >= 0.3 is 5.97 Å². The number of nitrogens with zero attached hydrogens (tertiary/aromatic N) is 3. The third-order valence-corrected chi connectivity index (χ3v) is 5.56. The largest absolute Gasteiger partial charge is 0.460 e. The Labute approximate surface area is 178 Å². The second kappa shape index (κ2) is 9.00. The highest BCUT2D eigenvalue weighted by Gasteiger charge is 2.23. The Bertz CT molecular complexity index is 1180. The molecule has 0 spiro atoms. The molecule has 0 saturated carbocycles. The number of thioether (sulfide) groups is 1. The normalized spacial score (nSPS) is 11.0. The number of benzene rings is 2. The zero-order valence-corrected chi connectivity index (χ0v) is 17.4. The standard InChI is InChI=1S/C23H21N3O3S/c1-3-14-26-21(16-10-6-5-7-11-16)24-25-23(26)30-15-18-17-12-8-9-13-19(17)29-20(18)22(27)28-4-2/h3,5-13H,1,4,14-15H2,2H3. The lowest BCUT2D eigenvalue weighted by Crippen LogP contribution is -2.06. The van der Waals surface area contributed by atoms with Crippen LogP contribution in [-0.4, -0.2) is 27.3 Å². The first-order valence-electron chi connectivity index (χ1n) is 9.62. The molecule has 0 amide bonds. The van der Waals surface area contributed by atoms with Crippen molar-refractivity contribution in [1.29, 1.82) is 0 Å². The number of rotatable bonds is 8. The average Bonchev–Trinajstić information content (AvgIpc) is 3.35. The Morgan fingerprint density at radius 3 is 2.70 bits per heavy atom. The minimum Gasteiger partial charge on any atom is -0.460 e. The van der Waals surface area contributed by atoms with E-state index in [0.717, 1.165) is 27.5 Å². The summed E-state index contributed by atoms with van der Waals surface area (Å²) in [5.41, 5.74) is 2.44. The first-order chi connectivity index (χ1) is 14.7. The maximum Gasteiger partial charge on any atom is 0.374 e. The van der Waals surface area contributed by atoms with Gasteiger partial charge in [0.1, 0.15) is 5.58 Å². The van der Waals surface area contributed by atoms with Crippen molar-refractivity contribution in [3.63, 3.8) is 0 Å². The molecule has 0 saturated heterocycles. The Hall–Kier alpha value is -3.32. The first kappa shape index (κ1) is 20.0. The van der Waals surface area contributed by atoms with Crippen LogP contribution in [0.5, 0.6) is 0 Å². The van der Waals surface area contributed by atoms with Crippen molar-refractivity contribution in [2.45, 2.75) is 24.4 Å². The summed E-state index contributed by atoms with van der Waals surface area (Å²) >= 11 is 1.50. The van der Waals surface area contributed by atoms with Crippen molar-refractivity contribution < 1.29 is 13.9 Å². The molecule has 0 unspecified atom stereocenters. The van der Waals surface area contributed by atoms with E-state index in [2.05, 4.69) is 16.8 Å². The van der Waals surface area contributed by atoms with Gasteiger partial charge < -0.3 is 9.15 Å². The summed E-state index contributed by atoms with van der Waals surface area (Å²) in [5.74, 6) is 1.06. The van der Waals surface area contributed by atoms with Gasteiger partial charge in [0.15, 0.2) is 11.0 Å². The van der Waals surface area contributed by atoms with Crippen LogP contribution in [0, 0.1) is 0 Å². The Balaban J connectivity index is 1.68. The molecule has 2 aromatic carbocycles. The highest BCUT2D eigenvalue weighted by molar-refractivity contribution is 7.98. The minimum absolute atomic E-state index is 0.239. The van der Waals surface area contributed by atoms with Gasteiger partial charge in [-0.1, -0.05) is 66.4 Å². The van der Waals surface area contributed by atoms with Gasteiger partial charge in [-0.2, -0.15) is 0 Å². The van der Waals surface area contributed by atoms with E-state index in [0.29, 0.717) is 17.9 Å². The number of hydrogen-bond acceptors (Lipinski definition) is 6. The second-order valence-corrected chi connectivity index (χ2v) is 7.43. The fraction of sp³-hybridized carbons (Fsp3) is 0.174. The maximum atomic E-state index is 12.4. The van der Waals surface area contributed by atoms with Gasteiger partial charge in [0.25, 0.3) is 0 Å². The number of carbonyl (C=O) groups excluding carboxylic acids is 1. The molecule has 0 N–H and O–H groups in total. The number of aromatic nitrogens is 3. The van der Waals surface area contributed by atoms with E-state index in [1.54, 1.807) is 6.92 Å². The molecule has 6 nitrogen and oxygen atoms in total. The quantitative estimate of drug-likeness (QED) is 0.218. The number of ether oxygens (including phenoxy) is 1. The van der Waals surface area contributed by atoms with Crippen LogP contribution in [0.1, 0.15) is 23.0 Å². The lowest BCUT2D eigenvalue weighted by atomic mass is 10.1. The molecule has 152 valence electrons. The zero-order valence-electron chi connectivity index (χ0n) is 16.6. The van der Waals surface area contributed by atoms with Crippen molar-refractivity contribution in [1.82, 2.24) is 14.8 Å². The van der Waals surface area contributed by atoms with Crippen LogP contribution in [0.15, 0.2) is 76.8 Å². The lowest BCUT2D eigenvalue weighted by Gasteiger charge is -2.08. The number of carbonyl (C=O) groups is 1. The third-order valence-electron chi connectivity index (χ3n) is 4.57. The number of fused-ring (bicyclic) bond motifs is 1. The Kier molecular flexibility index (Phi) is 5.99. The van der Waals surface area contributed by atoms with E-state index in [1.807, 2.05) is 65.2 Å². The minimum atomic E-state index is -0.457. The monoisotopic (exact) mass is 419 g/mol. The molecule has 30 heavy (non-hydrogen) atoms. The molecule has 0 fully saturated rings. The number of furan rings is 1. The van der Waals surface area contributed by atoms with Crippen LogP contribution >= 0.6 is 11.8 Å². The highest BCUT2D eigenvalue weighted by Crippen LogP contribution is 2.33. The molecule has 0 aliphatic carbocycles. The Morgan fingerprint density at radius 2 is 1.93 bits per heavy atom. The van der Waals surface area contributed by atoms with Gasteiger partial charge in [-0.15, -0.1) is 16.8 Å². The van der Waals surface area contributed by atoms with Crippen LogP contribution in [0.4, 0.5) is 0 Å². The van der Waals surface area contributed by atoms with Crippen LogP contribution in [0.3, 0.4) is 0 Å². The average molecular weight is 420 g/mol. The predicted molar refractivity (Wildman–Crippen MR) is 117 cm³/mol.